The van der Waals surface area contributed by atoms with Crippen molar-refractivity contribution in [1.29, 1.82) is 0 Å². The van der Waals surface area contributed by atoms with E-state index in [2.05, 4.69) is 39.1 Å². The van der Waals surface area contributed by atoms with Crippen molar-refractivity contribution in [1.82, 2.24) is 4.90 Å². The van der Waals surface area contributed by atoms with Gasteiger partial charge in [-0.25, -0.2) is 0 Å². The molecule has 2 aliphatic heterocycles. The molecule has 1 fully saturated rings. The van der Waals surface area contributed by atoms with Gasteiger partial charge in [0.15, 0.2) is 5.17 Å². The van der Waals surface area contributed by atoms with Crippen LogP contribution in [0.4, 0.5) is 5.69 Å². The van der Waals surface area contributed by atoms with Crippen LogP contribution >= 0.6 is 11.8 Å². The molecule has 0 bridgehead atoms. The van der Waals surface area contributed by atoms with Crippen molar-refractivity contribution in [2.45, 2.75) is 0 Å². The summed E-state index contributed by atoms with van der Waals surface area (Å²) in [4.78, 5) is 21.8. The fourth-order valence-electron chi connectivity index (χ4n) is 3.21. The molecular formula is C21H21N3O2S. The second-order valence-electron chi connectivity index (χ2n) is 6.40. The summed E-state index contributed by atoms with van der Waals surface area (Å²) < 4.78 is 5.25. The highest BCUT2D eigenvalue weighted by atomic mass is 32.2. The zero-order chi connectivity index (χ0) is 18.6. The smallest absolute Gasteiger partial charge is 0.286 e. The number of ether oxygens (including phenoxy) is 1. The molecule has 0 spiro atoms. The van der Waals surface area contributed by atoms with Crippen LogP contribution in [0.25, 0.3) is 6.08 Å². The number of amides is 1. The van der Waals surface area contributed by atoms with E-state index in [1.807, 2.05) is 36.4 Å². The highest BCUT2D eigenvalue weighted by Gasteiger charge is 2.28. The van der Waals surface area contributed by atoms with Crippen LogP contribution < -0.4 is 9.64 Å². The van der Waals surface area contributed by atoms with Gasteiger partial charge in [0.25, 0.3) is 5.91 Å². The highest BCUT2D eigenvalue weighted by molar-refractivity contribution is 8.18. The maximum Gasteiger partial charge on any atom is 0.286 e. The first kappa shape index (κ1) is 17.7. The van der Waals surface area contributed by atoms with Crippen molar-refractivity contribution < 1.29 is 9.53 Å². The third-order valence-electron chi connectivity index (χ3n) is 4.67. The maximum absolute atomic E-state index is 12.3. The van der Waals surface area contributed by atoms with Crippen LogP contribution in [0.15, 0.2) is 64.5 Å². The van der Waals surface area contributed by atoms with Gasteiger partial charge in [-0.3, -0.25) is 4.79 Å². The predicted octanol–water partition coefficient (Wildman–Crippen LogP) is 3.49. The number of anilines is 1. The molecule has 0 aliphatic carbocycles. The number of aliphatic imine (C=N–C) groups is 1. The zero-order valence-corrected chi connectivity index (χ0v) is 16.0. The Morgan fingerprint density at radius 3 is 2.48 bits per heavy atom. The van der Waals surface area contributed by atoms with Crippen molar-refractivity contribution in [3.05, 3.63) is 65.1 Å². The second kappa shape index (κ2) is 7.88. The molecule has 0 N–H and O–H groups in total. The molecule has 1 amide bonds. The molecule has 6 heteroatoms. The van der Waals surface area contributed by atoms with Crippen LogP contribution in [0.1, 0.15) is 5.56 Å². The summed E-state index contributed by atoms with van der Waals surface area (Å²) in [6.07, 6.45) is 1.88. The highest BCUT2D eigenvalue weighted by Crippen LogP contribution is 2.31. The Morgan fingerprint density at radius 2 is 1.74 bits per heavy atom. The summed E-state index contributed by atoms with van der Waals surface area (Å²) in [7, 11) is 1.64. The monoisotopic (exact) mass is 379 g/mol. The summed E-state index contributed by atoms with van der Waals surface area (Å²) in [6.45, 7) is 3.57. The Labute approximate surface area is 163 Å². The van der Waals surface area contributed by atoms with E-state index >= 15 is 0 Å². The van der Waals surface area contributed by atoms with E-state index in [1.165, 1.54) is 17.4 Å². The lowest BCUT2D eigenvalue weighted by Gasteiger charge is -2.36. The van der Waals surface area contributed by atoms with Gasteiger partial charge in [0.2, 0.25) is 0 Å². The van der Waals surface area contributed by atoms with E-state index in [0.29, 0.717) is 4.91 Å². The van der Waals surface area contributed by atoms with E-state index in [9.17, 15) is 4.79 Å². The van der Waals surface area contributed by atoms with E-state index in [0.717, 1.165) is 42.7 Å². The number of para-hydroxylation sites is 1. The number of hydrogen-bond acceptors (Lipinski definition) is 5. The minimum atomic E-state index is -0.164. The van der Waals surface area contributed by atoms with Gasteiger partial charge < -0.3 is 14.5 Å². The molecule has 27 heavy (non-hydrogen) atoms. The van der Waals surface area contributed by atoms with Crippen molar-refractivity contribution >= 4 is 34.6 Å². The van der Waals surface area contributed by atoms with Gasteiger partial charge in [-0.1, -0.05) is 30.3 Å². The summed E-state index contributed by atoms with van der Waals surface area (Å²) in [5.41, 5.74) is 2.18. The average molecular weight is 379 g/mol. The van der Waals surface area contributed by atoms with Crippen LogP contribution in [-0.4, -0.2) is 49.3 Å². The lowest BCUT2D eigenvalue weighted by atomic mass is 10.2. The molecule has 1 saturated heterocycles. The minimum Gasteiger partial charge on any atom is -0.497 e. The number of nitrogens with zero attached hydrogens (tertiary/aromatic N) is 3. The zero-order valence-electron chi connectivity index (χ0n) is 15.2. The standard InChI is InChI=1S/C21H21N3O2S/c1-26-18-9-5-6-16(14-18)15-19-20(25)22-21(27-19)24-12-10-23(11-13-24)17-7-3-2-4-8-17/h2-9,14-15H,10-13H2,1H3/b19-15+. The van der Waals surface area contributed by atoms with E-state index in [4.69, 9.17) is 4.74 Å². The Hall–Kier alpha value is -2.73. The Morgan fingerprint density at radius 1 is 1.00 bits per heavy atom. The van der Waals surface area contributed by atoms with Crippen molar-refractivity contribution in [2.24, 2.45) is 4.99 Å². The SMILES string of the molecule is COc1cccc(/C=C2/SC(N3CCN(c4ccccc4)CC3)=NC2=O)c1. The summed E-state index contributed by atoms with van der Waals surface area (Å²) >= 11 is 1.46. The van der Waals surface area contributed by atoms with Gasteiger partial charge in [0.1, 0.15) is 5.75 Å². The molecule has 2 aromatic rings. The number of benzene rings is 2. The lowest BCUT2D eigenvalue weighted by Crippen LogP contribution is -2.47. The number of hydrogen-bond donors (Lipinski definition) is 0. The summed E-state index contributed by atoms with van der Waals surface area (Å²) in [5, 5.41) is 0.807. The van der Waals surface area contributed by atoms with Crippen molar-refractivity contribution in [2.75, 3.05) is 38.2 Å². The van der Waals surface area contributed by atoms with Gasteiger partial charge >= 0.3 is 0 Å². The van der Waals surface area contributed by atoms with Crippen LogP contribution in [0.5, 0.6) is 5.75 Å². The fourth-order valence-corrected chi connectivity index (χ4v) is 4.18. The lowest BCUT2D eigenvalue weighted by molar-refractivity contribution is -0.113. The number of amidine groups is 1. The topological polar surface area (TPSA) is 45.1 Å². The normalized spacial score (nSPS) is 18.8. The minimum absolute atomic E-state index is 0.164. The number of piperazine rings is 1. The molecule has 0 aromatic heterocycles. The largest absolute Gasteiger partial charge is 0.497 e. The van der Waals surface area contributed by atoms with E-state index in [1.54, 1.807) is 7.11 Å². The maximum atomic E-state index is 12.3. The summed E-state index contributed by atoms with van der Waals surface area (Å²) in [6, 6.07) is 18.1. The van der Waals surface area contributed by atoms with E-state index in [-0.39, 0.29) is 5.91 Å². The molecule has 0 saturated carbocycles. The molecule has 4 rings (SSSR count). The van der Waals surface area contributed by atoms with Crippen LogP contribution in [0.3, 0.4) is 0 Å². The third kappa shape index (κ3) is 4.01. The summed E-state index contributed by atoms with van der Waals surface area (Å²) in [5.74, 6) is 0.612. The number of methoxy groups -OCH3 is 1. The first-order valence-electron chi connectivity index (χ1n) is 8.94. The van der Waals surface area contributed by atoms with Gasteiger partial charge in [-0.2, -0.15) is 4.99 Å². The molecule has 2 aromatic carbocycles. The molecule has 2 heterocycles. The van der Waals surface area contributed by atoms with Crippen molar-refractivity contribution in [3.8, 4) is 5.75 Å². The Balaban J connectivity index is 1.41. The molecule has 0 radical (unpaired) electrons. The molecule has 2 aliphatic rings. The second-order valence-corrected chi connectivity index (χ2v) is 7.41. The number of carbonyl (C=O) groups is 1. The predicted molar refractivity (Wildman–Crippen MR) is 111 cm³/mol. The van der Waals surface area contributed by atoms with Gasteiger partial charge in [0.05, 0.1) is 12.0 Å². The molecule has 5 nitrogen and oxygen atoms in total. The van der Waals surface area contributed by atoms with E-state index < -0.39 is 0 Å². The molecular weight excluding hydrogens is 358 g/mol. The van der Waals surface area contributed by atoms with Crippen molar-refractivity contribution in [3.63, 3.8) is 0 Å². The number of thioether (sulfide) groups is 1. The van der Waals surface area contributed by atoms with Crippen LogP contribution in [-0.2, 0) is 4.79 Å². The van der Waals surface area contributed by atoms with Gasteiger partial charge in [0, 0.05) is 31.9 Å². The van der Waals surface area contributed by atoms with Gasteiger partial charge in [-0.15, -0.1) is 0 Å². The van der Waals surface area contributed by atoms with Crippen LogP contribution in [0.2, 0.25) is 0 Å². The fraction of sp³-hybridized carbons (Fsp3) is 0.238. The number of carbonyl (C=O) groups excluding carboxylic acids is 1. The molecule has 0 unspecified atom stereocenters. The Kier molecular flexibility index (Phi) is 5.16. The first-order valence-corrected chi connectivity index (χ1v) is 9.76. The third-order valence-corrected chi connectivity index (χ3v) is 5.72. The van der Waals surface area contributed by atoms with Crippen LogP contribution in [0, 0.1) is 0 Å². The quantitative estimate of drug-likeness (QED) is 0.764. The first-order chi connectivity index (χ1) is 13.2. The number of rotatable bonds is 3. The Bertz CT molecular complexity index is 887. The molecule has 138 valence electrons. The average Bonchev–Trinajstić information content (AvgIpc) is 3.09. The molecule has 0 atom stereocenters. The van der Waals surface area contributed by atoms with Gasteiger partial charge in [-0.05, 0) is 47.7 Å².